The van der Waals surface area contributed by atoms with Gasteiger partial charge in [-0.25, -0.2) is 9.37 Å². The highest BCUT2D eigenvalue weighted by molar-refractivity contribution is 6.12. The van der Waals surface area contributed by atoms with Crippen molar-refractivity contribution in [3.63, 3.8) is 0 Å². The zero-order valence-corrected chi connectivity index (χ0v) is 14.1. The fourth-order valence-electron chi connectivity index (χ4n) is 3.67. The van der Waals surface area contributed by atoms with E-state index in [9.17, 15) is 4.39 Å². The Balaban J connectivity index is 1.73. The summed E-state index contributed by atoms with van der Waals surface area (Å²) < 4.78 is 15.3. The highest BCUT2D eigenvalue weighted by Gasteiger charge is 2.28. The van der Waals surface area contributed by atoms with Gasteiger partial charge in [-0.1, -0.05) is 12.1 Å². The molecule has 0 radical (unpaired) electrons. The van der Waals surface area contributed by atoms with Crippen LogP contribution in [0.2, 0.25) is 0 Å². The molecule has 2 heterocycles. The van der Waals surface area contributed by atoms with Gasteiger partial charge in [0.2, 0.25) is 5.95 Å². The molecule has 0 unspecified atom stereocenters. The van der Waals surface area contributed by atoms with Crippen molar-refractivity contribution in [1.82, 2.24) is 14.5 Å². The number of nitrogens with zero attached hydrogens (tertiary/aromatic N) is 3. The molecule has 6 heteroatoms. The summed E-state index contributed by atoms with van der Waals surface area (Å²) in [5.74, 6) is 0.905. The van der Waals surface area contributed by atoms with Crippen molar-refractivity contribution in [2.75, 3.05) is 11.5 Å². The fraction of sp³-hybridized carbons (Fsp3) is 0.200. The van der Waals surface area contributed by atoms with Crippen LogP contribution in [0, 0.1) is 5.82 Å². The normalized spacial score (nSPS) is 14.3. The molecule has 0 amide bonds. The third kappa shape index (κ3) is 2.37. The SMILES string of the molecule is Nc1nc(N)c2c(n1)c(C1CC1)cc1c2ccn1Cc1ccc(F)cc1. The van der Waals surface area contributed by atoms with Crippen LogP contribution in [0.15, 0.2) is 42.6 Å². The molecule has 1 fully saturated rings. The lowest BCUT2D eigenvalue weighted by Gasteiger charge is -2.12. The van der Waals surface area contributed by atoms with E-state index in [1.54, 1.807) is 0 Å². The molecule has 2 aromatic carbocycles. The molecule has 0 spiro atoms. The topological polar surface area (TPSA) is 82.8 Å². The van der Waals surface area contributed by atoms with Crippen molar-refractivity contribution in [3.8, 4) is 0 Å². The zero-order chi connectivity index (χ0) is 17.8. The van der Waals surface area contributed by atoms with Gasteiger partial charge < -0.3 is 16.0 Å². The molecular weight excluding hydrogens is 329 g/mol. The van der Waals surface area contributed by atoms with Gasteiger partial charge in [0, 0.05) is 23.6 Å². The number of hydrogen-bond donors (Lipinski definition) is 2. The predicted molar refractivity (Wildman–Crippen MR) is 101 cm³/mol. The quantitative estimate of drug-likeness (QED) is 0.590. The number of hydrogen-bond acceptors (Lipinski definition) is 4. The van der Waals surface area contributed by atoms with Crippen LogP contribution in [0.4, 0.5) is 16.2 Å². The minimum absolute atomic E-state index is 0.210. The molecule has 130 valence electrons. The van der Waals surface area contributed by atoms with Crippen molar-refractivity contribution in [3.05, 3.63) is 59.5 Å². The summed E-state index contributed by atoms with van der Waals surface area (Å²) in [6.45, 7) is 0.662. The number of aromatic nitrogens is 3. The van der Waals surface area contributed by atoms with Crippen LogP contribution < -0.4 is 11.5 Å². The molecule has 0 saturated heterocycles. The molecule has 26 heavy (non-hydrogen) atoms. The summed E-state index contributed by atoms with van der Waals surface area (Å²) >= 11 is 0. The first-order chi connectivity index (χ1) is 12.6. The molecule has 1 aliphatic carbocycles. The van der Waals surface area contributed by atoms with Gasteiger partial charge in [0.05, 0.1) is 10.9 Å². The summed E-state index contributed by atoms with van der Waals surface area (Å²) in [6, 6.07) is 10.8. The smallest absolute Gasteiger partial charge is 0.222 e. The molecule has 4 aromatic rings. The molecular formula is C20H18FN5. The van der Waals surface area contributed by atoms with Crippen LogP contribution in [0.5, 0.6) is 0 Å². The predicted octanol–water partition coefficient (Wildman–Crippen LogP) is 3.81. The van der Waals surface area contributed by atoms with E-state index < -0.39 is 0 Å². The third-order valence-corrected chi connectivity index (χ3v) is 5.08. The zero-order valence-electron chi connectivity index (χ0n) is 14.1. The largest absolute Gasteiger partial charge is 0.383 e. The van der Waals surface area contributed by atoms with Crippen LogP contribution in [0.1, 0.15) is 29.9 Å². The van der Waals surface area contributed by atoms with Crippen molar-refractivity contribution >= 4 is 33.6 Å². The van der Waals surface area contributed by atoms with Crippen molar-refractivity contribution < 1.29 is 4.39 Å². The fourth-order valence-corrected chi connectivity index (χ4v) is 3.67. The number of halogens is 1. The van der Waals surface area contributed by atoms with Crippen molar-refractivity contribution in [1.29, 1.82) is 0 Å². The first-order valence-electron chi connectivity index (χ1n) is 8.69. The van der Waals surface area contributed by atoms with Crippen LogP contribution in [0.3, 0.4) is 0 Å². The first kappa shape index (κ1) is 15.1. The van der Waals surface area contributed by atoms with Crippen molar-refractivity contribution in [2.24, 2.45) is 0 Å². The highest BCUT2D eigenvalue weighted by atomic mass is 19.1. The van der Waals surface area contributed by atoms with E-state index in [1.807, 2.05) is 24.4 Å². The van der Waals surface area contributed by atoms with E-state index in [1.165, 1.54) is 17.7 Å². The number of rotatable bonds is 3. The number of nitrogen functional groups attached to an aromatic ring is 2. The maximum Gasteiger partial charge on any atom is 0.222 e. The van der Waals surface area contributed by atoms with Crippen LogP contribution in [-0.4, -0.2) is 14.5 Å². The summed E-state index contributed by atoms with van der Waals surface area (Å²) in [4.78, 5) is 8.66. The third-order valence-electron chi connectivity index (χ3n) is 5.08. The van der Waals surface area contributed by atoms with Gasteiger partial charge in [0.1, 0.15) is 11.6 Å². The van der Waals surface area contributed by atoms with Gasteiger partial charge in [0.25, 0.3) is 0 Å². The van der Waals surface area contributed by atoms with E-state index in [0.717, 1.165) is 40.2 Å². The van der Waals surface area contributed by atoms with Crippen molar-refractivity contribution in [2.45, 2.75) is 25.3 Å². The Bertz CT molecular complexity index is 1140. The number of benzene rings is 2. The Morgan fingerprint density at radius 2 is 1.85 bits per heavy atom. The first-order valence-corrected chi connectivity index (χ1v) is 8.69. The number of fused-ring (bicyclic) bond motifs is 3. The number of nitrogens with two attached hydrogens (primary N) is 2. The maximum atomic E-state index is 13.2. The molecule has 1 aliphatic rings. The monoisotopic (exact) mass is 347 g/mol. The standard InChI is InChI=1S/C20H18FN5/c21-13-5-1-11(2-6-13)10-26-8-7-14-16(26)9-15(12-3-4-12)18-17(14)19(22)25-20(23)24-18/h1-2,5-9,12H,3-4,10H2,(H4,22,23,24,25). The Morgan fingerprint density at radius 3 is 2.58 bits per heavy atom. The van der Waals surface area contributed by atoms with Gasteiger partial charge in [-0.3, -0.25) is 0 Å². The average Bonchev–Trinajstić information content (AvgIpc) is 3.38. The second-order valence-corrected chi connectivity index (χ2v) is 6.93. The van der Waals surface area contributed by atoms with Gasteiger partial charge in [0.15, 0.2) is 0 Å². The average molecular weight is 347 g/mol. The minimum Gasteiger partial charge on any atom is -0.383 e. The summed E-state index contributed by atoms with van der Waals surface area (Å²) in [7, 11) is 0. The molecule has 5 nitrogen and oxygen atoms in total. The van der Waals surface area contributed by atoms with Gasteiger partial charge in [-0.15, -0.1) is 0 Å². The molecule has 0 aliphatic heterocycles. The van der Waals surface area contributed by atoms with Crippen LogP contribution >= 0.6 is 0 Å². The van der Waals surface area contributed by atoms with E-state index in [-0.39, 0.29) is 11.8 Å². The Kier molecular flexibility index (Phi) is 3.16. The van der Waals surface area contributed by atoms with Gasteiger partial charge in [-0.05, 0) is 54.2 Å². The van der Waals surface area contributed by atoms with Gasteiger partial charge >= 0.3 is 0 Å². The Labute approximate surface area is 149 Å². The Hall–Kier alpha value is -3.15. The van der Waals surface area contributed by atoms with E-state index in [4.69, 9.17) is 11.5 Å². The van der Waals surface area contributed by atoms with E-state index in [0.29, 0.717) is 18.3 Å². The maximum absolute atomic E-state index is 13.2. The second kappa shape index (κ2) is 5.42. The molecule has 5 rings (SSSR count). The Morgan fingerprint density at radius 1 is 1.08 bits per heavy atom. The van der Waals surface area contributed by atoms with Gasteiger partial charge in [-0.2, -0.15) is 4.98 Å². The van der Waals surface area contributed by atoms with E-state index in [2.05, 4.69) is 20.6 Å². The summed E-state index contributed by atoms with van der Waals surface area (Å²) in [5.41, 5.74) is 16.2. The van der Waals surface area contributed by atoms with Crippen LogP contribution in [-0.2, 0) is 6.54 Å². The van der Waals surface area contributed by atoms with Crippen LogP contribution in [0.25, 0.3) is 21.8 Å². The lowest BCUT2D eigenvalue weighted by molar-refractivity contribution is 0.626. The van der Waals surface area contributed by atoms with E-state index >= 15 is 0 Å². The highest BCUT2D eigenvalue weighted by Crippen LogP contribution is 2.45. The lowest BCUT2D eigenvalue weighted by atomic mass is 10.0. The summed E-state index contributed by atoms with van der Waals surface area (Å²) in [6.07, 6.45) is 4.34. The second-order valence-electron chi connectivity index (χ2n) is 6.93. The number of anilines is 2. The molecule has 0 atom stereocenters. The minimum atomic E-state index is -0.226. The summed E-state index contributed by atoms with van der Waals surface area (Å²) in [5, 5.41) is 1.89. The molecule has 2 aromatic heterocycles. The lowest BCUT2D eigenvalue weighted by Crippen LogP contribution is -2.03. The molecule has 1 saturated carbocycles. The molecule has 0 bridgehead atoms. The molecule has 4 N–H and O–H groups in total.